The van der Waals surface area contributed by atoms with Crippen LogP contribution in [0.5, 0.6) is 0 Å². The Morgan fingerprint density at radius 1 is 1.06 bits per heavy atom. The Morgan fingerprint density at radius 2 is 1.76 bits per heavy atom. The Labute approximate surface area is 103 Å². The van der Waals surface area contributed by atoms with Crippen molar-refractivity contribution in [2.75, 3.05) is 0 Å². The third-order valence-electron chi connectivity index (χ3n) is 2.45. The average molecular weight is 253 g/mol. The van der Waals surface area contributed by atoms with Crippen molar-refractivity contribution in [3.8, 4) is 10.4 Å². The quantitative estimate of drug-likeness (QED) is 0.863. The van der Waals surface area contributed by atoms with Crippen LogP contribution in [-0.2, 0) is 5.54 Å². The molecule has 0 amide bonds. The molecular weight excluding hydrogens is 240 g/mol. The lowest BCUT2D eigenvalue weighted by molar-refractivity contribution is 0.509. The fourth-order valence-corrected chi connectivity index (χ4v) is 2.51. The number of rotatable bonds is 2. The van der Waals surface area contributed by atoms with Crippen LogP contribution in [0.3, 0.4) is 0 Å². The molecule has 0 fully saturated rings. The summed E-state index contributed by atoms with van der Waals surface area (Å²) < 4.78 is 25.9. The molecule has 0 unspecified atom stereocenters. The molecule has 2 N–H and O–H groups in total. The number of hydrogen-bond donors (Lipinski definition) is 1. The molecule has 0 aliphatic heterocycles. The molecular formula is C13H13F2NS. The molecule has 0 spiro atoms. The smallest absolute Gasteiger partial charge is 0.159 e. The average Bonchev–Trinajstić information content (AvgIpc) is 2.70. The predicted molar refractivity (Wildman–Crippen MR) is 66.9 cm³/mol. The molecule has 1 aromatic heterocycles. The number of thiophene rings is 1. The summed E-state index contributed by atoms with van der Waals surface area (Å²) >= 11 is 1.49. The highest BCUT2D eigenvalue weighted by atomic mass is 32.1. The molecule has 0 saturated carbocycles. The first-order valence-electron chi connectivity index (χ1n) is 5.22. The molecule has 0 bridgehead atoms. The van der Waals surface area contributed by atoms with E-state index in [-0.39, 0.29) is 0 Å². The minimum absolute atomic E-state index is 0.415. The highest BCUT2D eigenvalue weighted by Gasteiger charge is 2.17. The third-order valence-corrected chi connectivity index (χ3v) is 3.92. The molecule has 2 aromatic rings. The van der Waals surface area contributed by atoms with Crippen molar-refractivity contribution in [3.63, 3.8) is 0 Å². The fourth-order valence-electron chi connectivity index (χ4n) is 1.49. The van der Waals surface area contributed by atoms with Gasteiger partial charge in [0.1, 0.15) is 0 Å². The minimum Gasteiger partial charge on any atom is -0.321 e. The summed E-state index contributed by atoms with van der Waals surface area (Å²) in [5.41, 5.74) is 6.23. The Bertz CT molecular complexity index is 541. The largest absolute Gasteiger partial charge is 0.321 e. The summed E-state index contributed by atoms with van der Waals surface area (Å²) in [4.78, 5) is 1.90. The summed E-state index contributed by atoms with van der Waals surface area (Å²) in [6, 6.07) is 7.70. The zero-order valence-corrected chi connectivity index (χ0v) is 10.4. The van der Waals surface area contributed by atoms with E-state index in [0.29, 0.717) is 5.56 Å². The molecule has 0 aliphatic rings. The normalized spacial score (nSPS) is 11.8. The van der Waals surface area contributed by atoms with E-state index < -0.39 is 17.2 Å². The second-order valence-electron chi connectivity index (χ2n) is 4.51. The number of hydrogen-bond acceptors (Lipinski definition) is 2. The van der Waals surface area contributed by atoms with E-state index in [1.807, 2.05) is 26.0 Å². The predicted octanol–water partition coefficient (Wildman–Crippen LogP) is 3.89. The Kier molecular flexibility index (Phi) is 3.02. The van der Waals surface area contributed by atoms with E-state index in [4.69, 9.17) is 5.73 Å². The van der Waals surface area contributed by atoms with E-state index in [0.717, 1.165) is 15.8 Å². The van der Waals surface area contributed by atoms with Gasteiger partial charge in [0, 0.05) is 15.3 Å². The molecule has 2 rings (SSSR count). The van der Waals surface area contributed by atoms with Gasteiger partial charge in [-0.2, -0.15) is 0 Å². The van der Waals surface area contributed by atoms with Crippen LogP contribution < -0.4 is 5.73 Å². The van der Waals surface area contributed by atoms with Gasteiger partial charge in [-0.25, -0.2) is 8.78 Å². The van der Waals surface area contributed by atoms with Gasteiger partial charge in [0.05, 0.1) is 0 Å². The van der Waals surface area contributed by atoms with Gasteiger partial charge in [-0.1, -0.05) is 6.07 Å². The van der Waals surface area contributed by atoms with E-state index in [9.17, 15) is 8.78 Å². The van der Waals surface area contributed by atoms with E-state index in [1.165, 1.54) is 17.4 Å². The molecule has 0 saturated heterocycles. The van der Waals surface area contributed by atoms with Crippen LogP contribution in [0.4, 0.5) is 8.78 Å². The maximum Gasteiger partial charge on any atom is 0.159 e. The summed E-state index contributed by atoms with van der Waals surface area (Å²) in [5, 5.41) is 0. The topological polar surface area (TPSA) is 26.0 Å². The Balaban J connectivity index is 2.40. The molecule has 1 aromatic carbocycles. The second-order valence-corrected chi connectivity index (χ2v) is 5.60. The van der Waals surface area contributed by atoms with Crippen molar-refractivity contribution >= 4 is 11.3 Å². The van der Waals surface area contributed by atoms with Gasteiger partial charge in [-0.05, 0) is 43.7 Å². The van der Waals surface area contributed by atoms with Gasteiger partial charge in [0.2, 0.25) is 0 Å². The minimum atomic E-state index is -0.829. The zero-order valence-electron chi connectivity index (χ0n) is 9.63. The second kappa shape index (κ2) is 4.20. The molecule has 17 heavy (non-hydrogen) atoms. The van der Waals surface area contributed by atoms with Gasteiger partial charge in [0.25, 0.3) is 0 Å². The highest BCUT2D eigenvalue weighted by Crippen LogP contribution is 2.33. The summed E-state index contributed by atoms with van der Waals surface area (Å²) in [6.45, 7) is 3.82. The molecule has 90 valence electrons. The van der Waals surface area contributed by atoms with Gasteiger partial charge in [-0.15, -0.1) is 11.3 Å². The van der Waals surface area contributed by atoms with Gasteiger partial charge >= 0.3 is 0 Å². The Hall–Kier alpha value is -1.26. The fraction of sp³-hybridized carbons (Fsp3) is 0.231. The van der Waals surface area contributed by atoms with Crippen molar-refractivity contribution in [1.29, 1.82) is 0 Å². The molecule has 1 nitrogen and oxygen atoms in total. The summed E-state index contributed by atoms with van der Waals surface area (Å²) in [7, 11) is 0. The van der Waals surface area contributed by atoms with Crippen molar-refractivity contribution in [3.05, 3.63) is 46.8 Å². The van der Waals surface area contributed by atoms with Crippen LogP contribution in [-0.4, -0.2) is 0 Å². The van der Waals surface area contributed by atoms with Crippen LogP contribution in [0.1, 0.15) is 18.7 Å². The number of benzene rings is 1. The number of nitrogens with two attached hydrogens (primary N) is 1. The first-order valence-corrected chi connectivity index (χ1v) is 6.04. The van der Waals surface area contributed by atoms with Crippen LogP contribution in [0, 0.1) is 11.6 Å². The van der Waals surface area contributed by atoms with Crippen LogP contribution in [0.25, 0.3) is 10.4 Å². The van der Waals surface area contributed by atoms with Crippen LogP contribution >= 0.6 is 11.3 Å². The Morgan fingerprint density at radius 3 is 2.29 bits per heavy atom. The van der Waals surface area contributed by atoms with Crippen molar-refractivity contribution in [2.45, 2.75) is 19.4 Å². The molecule has 0 aliphatic carbocycles. The van der Waals surface area contributed by atoms with E-state index in [2.05, 4.69) is 0 Å². The van der Waals surface area contributed by atoms with Crippen molar-refractivity contribution in [1.82, 2.24) is 0 Å². The van der Waals surface area contributed by atoms with E-state index in [1.54, 1.807) is 6.07 Å². The molecule has 1 heterocycles. The monoisotopic (exact) mass is 253 g/mol. The SMILES string of the molecule is CC(C)(N)c1ccc(-c2ccc(F)c(F)c2)s1. The first-order chi connectivity index (χ1) is 7.88. The van der Waals surface area contributed by atoms with Gasteiger partial charge < -0.3 is 5.73 Å². The number of halogens is 2. The molecule has 4 heteroatoms. The van der Waals surface area contributed by atoms with E-state index >= 15 is 0 Å². The molecule has 0 atom stereocenters. The van der Waals surface area contributed by atoms with Crippen LogP contribution in [0.2, 0.25) is 0 Å². The van der Waals surface area contributed by atoms with Crippen molar-refractivity contribution < 1.29 is 8.78 Å². The van der Waals surface area contributed by atoms with Crippen molar-refractivity contribution in [2.24, 2.45) is 5.73 Å². The van der Waals surface area contributed by atoms with Gasteiger partial charge in [-0.3, -0.25) is 0 Å². The van der Waals surface area contributed by atoms with Crippen LogP contribution in [0.15, 0.2) is 30.3 Å². The summed E-state index contributed by atoms with van der Waals surface area (Å²) in [6.07, 6.45) is 0. The first kappa shape index (κ1) is 12.2. The lowest BCUT2D eigenvalue weighted by Gasteiger charge is -2.15. The zero-order chi connectivity index (χ0) is 12.6. The lowest BCUT2D eigenvalue weighted by atomic mass is 10.1. The van der Waals surface area contributed by atoms with Gasteiger partial charge in [0.15, 0.2) is 11.6 Å². The maximum absolute atomic E-state index is 13.1. The molecule has 0 radical (unpaired) electrons. The third kappa shape index (κ3) is 2.53. The summed E-state index contributed by atoms with van der Waals surface area (Å²) in [5.74, 6) is -1.66. The lowest BCUT2D eigenvalue weighted by Crippen LogP contribution is -2.27. The standard InChI is InChI=1S/C13H13F2NS/c1-13(2,16)12-6-5-11(17-12)8-3-4-9(14)10(15)7-8/h3-7H,16H2,1-2H3. The maximum atomic E-state index is 13.1. The highest BCUT2D eigenvalue weighted by molar-refractivity contribution is 7.15.